The average Bonchev–Trinajstić information content (AvgIpc) is 2.62. The van der Waals surface area contributed by atoms with Gasteiger partial charge < -0.3 is 19.2 Å². The highest BCUT2D eigenvalue weighted by molar-refractivity contribution is 6.74. The number of alkyl carbamates (subject to hydrolysis) is 1. The predicted molar refractivity (Wildman–Crippen MR) is 127 cm³/mol. The molecule has 2 atom stereocenters. The Hall–Kier alpha value is -1.58. The van der Waals surface area contributed by atoms with E-state index in [0.29, 0.717) is 0 Å². The molecule has 0 aromatic heterocycles. The largest absolute Gasteiger partial charge is 0.444 e. The van der Waals surface area contributed by atoms with E-state index in [9.17, 15) is 18.0 Å². The molecule has 9 heteroatoms. The second-order valence-electron chi connectivity index (χ2n) is 10.9. The fraction of sp³-hybridized carbons (Fsp3) is 0.708. The number of amides is 1. The van der Waals surface area contributed by atoms with Crippen molar-refractivity contribution in [2.45, 2.75) is 90.5 Å². The third kappa shape index (κ3) is 11.4. The number of halogens is 3. The van der Waals surface area contributed by atoms with Gasteiger partial charge in [-0.15, -0.1) is 0 Å². The molecule has 0 spiro atoms. The second kappa shape index (κ2) is 11.7. The molecule has 1 rings (SSSR count). The van der Waals surface area contributed by atoms with Gasteiger partial charge in [-0.3, -0.25) is 0 Å². The van der Waals surface area contributed by atoms with Gasteiger partial charge in [0, 0.05) is 0 Å². The molecule has 0 aliphatic rings. The lowest BCUT2D eigenvalue weighted by Gasteiger charge is -2.38. The molecular formula is C24H40F3NO4Si. The molecule has 5 nitrogen and oxygen atoms in total. The molecule has 1 aromatic carbocycles. The summed E-state index contributed by atoms with van der Waals surface area (Å²) in [5, 5.41) is 2.47. The van der Waals surface area contributed by atoms with Crippen molar-refractivity contribution in [2.75, 3.05) is 13.2 Å². The Labute approximate surface area is 197 Å². The number of rotatable bonds is 10. The van der Waals surface area contributed by atoms with E-state index in [1.807, 2.05) is 39.9 Å². The zero-order valence-corrected chi connectivity index (χ0v) is 22.1. The van der Waals surface area contributed by atoms with Crippen LogP contribution in [0.5, 0.6) is 0 Å². The first-order valence-corrected chi connectivity index (χ1v) is 14.1. The summed E-state index contributed by atoms with van der Waals surface area (Å²) >= 11 is 0. The van der Waals surface area contributed by atoms with Crippen molar-refractivity contribution in [3.63, 3.8) is 0 Å². The van der Waals surface area contributed by atoms with E-state index in [2.05, 4.69) is 5.32 Å². The summed E-state index contributed by atoms with van der Waals surface area (Å²) in [4.78, 5) is 12.3. The van der Waals surface area contributed by atoms with Gasteiger partial charge in [0.15, 0.2) is 8.32 Å². The van der Waals surface area contributed by atoms with Crippen LogP contribution in [-0.2, 0) is 20.5 Å². The summed E-state index contributed by atoms with van der Waals surface area (Å²) in [5.74, 6) is -1.76. The van der Waals surface area contributed by atoms with Crippen LogP contribution in [0.4, 0.5) is 18.0 Å². The third-order valence-corrected chi connectivity index (χ3v) is 10.1. The molecule has 0 bridgehead atoms. The Balaban J connectivity index is 2.92. The van der Waals surface area contributed by atoms with Crippen LogP contribution in [0, 0.1) is 5.92 Å². The minimum atomic E-state index is -4.48. The molecule has 0 saturated carbocycles. The number of benzene rings is 1. The van der Waals surface area contributed by atoms with Gasteiger partial charge in [-0.2, -0.15) is 13.2 Å². The van der Waals surface area contributed by atoms with Gasteiger partial charge in [0.05, 0.1) is 31.8 Å². The van der Waals surface area contributed by atoms with Gasteiger partial charge in [-0.25, -0.2) is 4.79 Å². The van der Waals surface area contributed by atoms with Crippen molar-refractivity contribution in [2.24, 2.45) is 5.92 Å². The molecule has 1 amide bonds. The summed E-state index contributed by atoms with van der Waals surface area (Å²) in [7, 11) is -2.24. The molecule has 0 heterocycles. The zero-order chi connectivity index (χ0) is 25.5. The Bertz CT molecular complexity index is 728. The number of hydrogen-bond acceptors (Lipinski definition) is 4. The van der Waals surface area contributed by atoms with Crippen molar-refractivity contribution < 1.29 is 31.9 Å². The maximum absolute atomic E-state index is 13.8. The maximum atomic E-state index is 13.8. The first-order chi connectivity index (χ1) is 14.9. The number of alkyl halides is 3. The highest BCUT2D eigenvalue weighted by Gasteiger charge is 2.43. The molecule has 0 radical (unpaired) electrons. The molecule has 0 fully saturated rings. The third-order valence-electron chi connectivity index (χ3n) is 5.63. The van der Waals surface area contributed by atoms with E-state index in [0.717, 1.165) is 5.56 Å². The maximum Gasteiger partial charge on any atom is 0.407 e. The molecule has 1 N–H and O–H groups in total. The highest BCUT2D eigenvalue weighted by atomic mass is 28.4. The van der Waals surface area contributed by atoms with Gasteiger partial charge in [-0.1, -0.05) is 51.1 Å². The van der Waals surface area contributed by atoms with Crippen LogP contribution in [0.1, 0.15) is 53.5 Å². The quantitative estimate of drug-likeness (QED) is 0.371. The van der Waals surface area contributed by atoms with Gasteiger partial charge in [-0.05, 0) is 50.9 Å². The summed E-state index contributed by atoms with van der Waals surface area (Å²) in [6.45, 7) is 14.8. The van der Waals surface area contributed by atoms with Crippen molar-refractivity contribution in [1.29, 1.82) is 0 Å². The first kappa shape index (κ1) is 29.4. The summed E-state index contributed by atoms with van der Waals surface area (Å²) in [6, 6.07) is 8.15. The van der Waals surface area contributed by atoms with Crippen molar-refractivity contribution >= 4 is 14.4 Å². The number of hydrogen-bond donors (Lipinski definition) is 1. The van der Waals surface area contributed by atoms with Crippen LogP contribution in [0.2, 0.25) is 18.1 Å². The topological polar surface area (TPSA) is 56.8 Å². The monoisotopic (exact) mass is 491 g/mol. The van der Waals surface area contributed by atoms with Gasteiger partial charge in [0.2, 0.25) is 0 Å². The van der Waals surface area contributed by atoms with Crippen molar-refractivity contribution in [1.82, 2.24) is 5.32 Å². The van der Waals surface area contributed by atoms with Crippen LogP contribution < -0.4 is 5.32 Å². The van der Waals surface area contributed by atoms with Crippen LogP contribution in [0.3, 0.4) is 0 Å². The standard InChI is InChI=1S/C24H40F3NO4Si/c1-22(2,3)32-21(29)28-20(17-31-33(7,8)23(4,5)6)14-19(24(25,26)27)16-30-15-18-12-10-9-11-13-18/h9-13,19-20H,14-17H2,1-8H3,(H,28,29)/t19-,20+/m0/s1. The number of carbonyl (C=O) groups excluding carboxylic acids is 1. The molecule has 33 heavy (non-hydrogen) atoms. The first-order valence-electron chi connectivity index (χ1n) is 11.2. The van der Waals surface area contributed by atoms with E-state index < -0.39 is 44.8 Å². The Morgan fingerprint density at radius 2 is 1.58 bits per heavy atom. The lowest BCUT2D eigenvalue weighted by Crippen LogP contribution is -2.48. The fourth-order valence-electron chi connectivity index (χ4n) is 2.70. The zero-order valence-electron chi connectivity index (χ0n) is 21.1. The molecular weight excluding hydrogens is 451 g/mol. The van der Waals surface area contributed by atoms with Crippen molar-refractivity contribution in [3.8, 4) is 0 Å². The van der Waals surface area contributed by atoms with E-state index >= 15 is 0 Å². The lowest BCUT2D eigenvalue weighted by atomic mass is 10.0. The van der Waals surface area contributed by atoms with Crippen molar-refractivity contribution in [3.05, 3.63) is 35.9 Å². The normalized spacial score (nSPS) is 15.1. The van der Waals surface area contributed by atoms with Crippen LogP contribution in [0.25, 0.3) is 0 Å². The smallest absolute Gasteiger partial charge is 0.407 e. The molecule has 190 valence electrons. The fourth-order valence-corrected chi connectivity index (χ4v) is 3.75. The molecule has 0 aliphatic carbocycles. The molecule has 0 saturated heterocycles. The molecule has 0 unspecified atom stereocenters. The second-order valence-corrected chi connectivity index (χ2v) is 15.7. The van der Waals surface area contributed by atoms with Crippen LogP contribution in [0.15, 0.2) is 30.3 Å². The predicted octanol–water partition coefficient (Wildman–Crippen LogP) is 6.69. The Kier molecular flexibility index (Phi) is 10.4. The summed E-state index contributed by atoms with van der Waals surface area (Å²) < 4.78 is 58.3. The summed E-state index contributed by atoms with van der Waals surface area (Å²) in [6.07, 6.45) is -5.62. The number of carbonyl (C=O) groups is 1. The van der Waals surface area contributed by atoms with Gasteiger partial charge in [0.25, 0.3) is 0 Å². The van der Waals surface area contributed by atoms with Gasteiger partial charge >= 0.3 is 12.3 Å². The average molecular weight is 492 g/mol. The van der Waals surface area contributed by atoms with Crippen LogP contribution >= 0.6 is 0 Å². The number of nitrogens with one attached hydrogen (secondary N) is 1. The van der Waals surface area contributed by atoms with E-state index in [1.54, 1.807) is 45.0 Å². The van der Waals surface area contributed by atoms with E-state index in [-0.39, 0.29) is 24.7 Å². The van der Waals surface area contributed by atoms with E-state index in [1.165, 1.54) is 0 Å². The molecule has 1 aromatic rings. The highest BCUT2D eigenvalue weighted by Crippen LogP contribution is 2.37. The van der Waals surface area contributed by atoms with Crippen LogP contribution in [-0.4, -0.2) is 45.4 Å². The van der Waals surface area contributed by atoms with Gasteiger partial charge in [0.1, 0.15) is 5.60 Å². The lowest BCUT2D eigenvalue weighted by molar-refractivity contribution is -0.193. The minimum absolute atomic E-state index is 0.0268. The minimum Gasteiger partial charge on any atom is -0.444 e. The number of ether oxygens (including phenoxy) is 2. The molecule has 0 aliphatic heterocycles. The Morgan fingerprint density at radius 3 is 2.06 bits per heavy atom. The summed E-state index contributed by atoms with van der Waals surface area (Å²) in [5.41, 5.74) is 0.0278. The Morgan fingerprint density at radius 1 is 1.00 bits per heavy atom. The SMILES string of the molecule is CC(C)(C)OC(=O)N[C@@H](CO[Si](C)(C)C(C)(C)C)C[C@@H](COCc1ccccc1)C(F)(F)F. The van der Waals surface area contributed by atoms with E-state index in [4.69, 9.17) is 13.9 Å².